The van der Waals surface area contributed by atoms with E-state index in [1.165, 1.54) is 6.07 Å². The maximum atomic E-state index is 13.4. The predicted octanol–water partition coefficient (Wildman–Crippen LogP) is 2.79. The van der Waals surface area contributed by atoms with Crippen LogP contribution in [0.25, 0.3) is 0 Å². The molecule has 1 amide bonds. The largest absolute Gasteiger partial charge is 0.339 e. The highest BCUT2D eigenvalue weighted by molar-refractivity contribution is 9.10. The Morgan fingerprint density at radius 3 is 2.63 bits per heavy atom. The number of hydrogen-bond donors (Lipinski definition) is 1. The van der Waals surface area contributed by atoms with Gasteiger partial charge in [0.05, 0.1) is 4.47 Å². The number of rotatable bonds is 2. The van der Waals surface area contributed by atoms with Crippen LogP contribution in [-0.4, -0.2) is 29.9 Å². The zero-order valence-electron chi connectivity index (χ0n) is 10.9. The normalized spacial score (nSPS) is 18.4. The van der Waals surface area contributed by atoms with Crippen LogP contribution in [0.3, 0.4) is 0 Å². The van der Waals surface area contributed by atoms with E-state index in [4.69, 9.17) is 5.73 Å². The first kappa shape index (κ1) is 14.5. The standard InChI is InChI=1S/C14H18BrFN2O/c1-9(17)10-4-6-18(7-5-10)14(19)11-2-3-12(15)13(16)8-11/h2-3,8-10H,4-7,17H2,1H3. The Balaban J connectivity index is 2.03. The van der Waals surface area contributed by atoms with Gasteiger partial charge in [0.1, 0.15) is 5.82 Å². The number of nitrogens with two attached hydrogens (primary N) is 1. The van der Waals surface area contributed by atoms with E-state index in [9.17, 15) is 9.18 Å². The Kier molecular flexibility index (Phi) is 4.58. The van der Waals surface area contributed by atoms with Crippen LogP contribution >= 0.6 is 15.9 Å². The molecule has 2 rings (SSSR count). The summed E-state index contributed by atoms with van der Waals surface area (Å²) >= 11 is 3.08. The molecule has 2 N–H and O–H groups in total. The van der Waals surface area contributed by atoms with Gasteiger partial charge in [-0.05, 0) is 59.8 Å². The number of carbonyl (C=O) groups is 1. The molecule has 1 atom stereocenters. The Bertz CT molecular complexity index is 471. The van der Waals surface area contributed by atoms with Gasteiger partial charge in [-0.3, -0.25) is 4.79 Å². The van der Waals surface area contributed by atoms with Crippen molar-refractivity contribution in [2.24, 2.45) is 11.7 Å². The third kappa shape index (κ3) is 3.34. The number of halogens is 2. The summed E-state index contributed by atoms with van der Waals surface area (Å²) in [6.07, 6.45) is 1.84. The number of carbonyl (C=O) groups excluding carboxylic acids is 1. The molecule has 1 heterocycles. The van der Waals surface area contributed by atoms with Crippen molar-refractivity contribution >= 4 is 21.8 Å². The summed E-state index contributed by atoms with van der Waals surface area (Å²) in [7, 11) is 0. The number of piperidine rings is 1. The fourth-order valence-corrected chi connectivity index (χ4v) is 2.69. The van der Waals surface area contributed by atoms with Crippen molar-refractivity contribution in [3.8, 4) is 0 Å². The van der Waals surface area contributed by atoms with Crippen molar-refractivity contribution in [2.45, 2.75) is 25.8 Å². The molecule has 1 aromatic rings. The van der Waals surface area contributed by atoms with Crippen molar-refractivity contribution in [3.63, 3.8) is 0 Å². The van der Waals surface area contributed by atoms with Gasteiger partial charge < -0.3 is 10.6 Å². The van der Waals surface area contributed by atoms with Crippen LogP contribution in [0.2, 0.25) is 0 Å². The second-order valence-electron chi connectivity index (χ2n) is 5.12. The van der Waals surface area contributed by atoms with Gasteiger partial charge in [0, 0.05) is 24.7 Å². The highest BCUT2D eigenvalue weighted by Crippen LogP contribution is 2.22. The fourth-order valence-electron chi connectivity index (χ4n) is 2.44. The molecule has 1 aliphatic rings. The molecule has 1 saturated heterocycles. The summed E-state index contributed by atoms with van der Waals surface area (Å²) in [5.74, 6) is -0.0310. The summed E-state index contributed by atoms with van der Waals surface area (Å²) in [4.78, 5) is 14.0. The third-order valence-electron chi connectivity index (χ3n) is 3.74. The molecule has 0 bridgehead atoms. The molecule has 0 aliphatic carbocycles. The maximum absolute atomic E-state index is 13.4. The maximum Gasteiger partial charge on any atom is 0.253 e. The zero-order valence-corrected chi connectivity index (χ0v) is 12.5. The molecule has 1 unspecified atom stereocenters. The van der Waals surface area contributed by atoms with E-state index in [0.29, 0.717) is 29.0 Å². The molecule has 3 nitrogen and oxygen atoms in total. The Morgan fingerprint density at radius 2 is 2.11 bits per heavy atom. The molecular formula is C14H18BrFN2O. The van der Waals surface area contributed by atoms with Crippen molar-refractivity contribution in [3.05, 3.63) is 34.1 Å². The van der Waals surface area contributed by atoms with Gasteiger partial charge in [0.2, 0.25) is 0 Å². The molecule has 104 valence electrons. The molecule has 1 aliphatic heterocycles. The first-order chi connectivity index (χ1) is 8.99. The van der Waals surface area contributed by atoms with E-state index in [2.05, 4.69) is 15.9 Å². The van der Waals surface area contributed by atoms with Crippen LogP contribution in [0.5, 0.6) is 0 Å². The van der Waals surface area contributed by atoms with Crippen LogP contribution in [-0.2, 0) is 0 Å². The number of amides is 1. The lowest BCUT2D eigenvalue weighted by Gasteiger charge is -2.33. The van der Waals surface area contributed by atoms with Gasteiger partial charge in [-0.1, -0.05) is 0 Å². The summed E-state index contributed by atoms with van der Waals surface area (Å²) in [5.41, 5.74) is 6.28. The topological polar surface area (TPSA) is 46.3 Å². The predicted molar refractivity (Wildman–Crippen MR) is 76.4 cm³/mol. The van der Waals surface area contributed by atoms with Crippen LogP contribution in [0.1, 0.15) is 30.1 Å². The molecule has 5 heteroatoms. The lowest BCUT2D eigenvalue weighted by Crippen LogP contribution is -2.42. The van der Waals surface area contributed by atoms with Crippen LogP contribution in [0.15, 0.2) is 22.7 Å². The van der Waals surface area contributed by atoms with Gasteiger partial charge >= 0.3 is 0 Å². The first-order valence-corrected chi connectivity index (χ1v) is 7.28. The minimum atomic E-state index is -0.406. The van der Waals surface area contributed by atoms with E-state index < -0.39 is 5.82 Å². The molecule has 1 aromatic carbocycles. The Hall–Kier alpha value is -0.940. The Morgan fingerprint density at radius 1 is 1.47 bits per heavy atom. The zero-order chi connectivity index (χ0) is 14.0. The van der Waals surface area contributed by atoms with Crippen molar-refractivity contribution < 1.29 is 9.18 Å². The van der Waals surface area contributed by atoms with E-state index in [1.807, 2.05) is 6.92 Å². The van der Waals surface area contributed by atoms with E-state index in [0.717, 1.165) is 12.8 Å². The third-order valence-corrected chi connectivity index (χ3v) is 4.38. The molecule has 0 radical (unpaired) electrons. The minimum Gasteiger partial charge on any atom is -0.339 e. The minimum absolute atomic E-state index is 0.102. The fraction of sp³-hybridized carbons (Fsp3) is 0.500. The number of likely N-dealkylation sites (tertiary alicyclic amines) is 1. The average Bonchev–Trinajstić information content (AvgIpc) is 2.41. The molecule has 1 fully saturated rings. The van der Waals surface area contributed by atoms with Crippen LogP contribution in [0.4, 0.5) is 4.39 Å². The van der Waals surface area contributed by atoms with Crippen molar-refractivity contribution in [2.75, 3.05) is 13.1 Å². The first-order valence-electron chi connectivity index (χ1n) is 6.49. The summed E-state index contributed by atoms with van der Waals surface area (Å²) in [5, 5.41) is 0. The summed E-state index contributed by atoms with van der Waals surface area (Å²) < 4.78 is 13.8. The van der Waals surface area contributed by atoms with Gasteiger partial charge in [-0.15, -0.1) is 0 Å². The van der Waals surface area contributed by atoms with Crippen LogP contribution < -0.4 is 5.73 Å². The summed E-state index contributed by atoms with van der Waals surface area (Å²) in [6, 6.07) is 4.66. The van der Waals surface area contributed by atoms with Gasteiger partial charge in [-0.2, -0.15) is 0 Å². The smallest absolute Gasteiger partial charge is 0.253 e. The van der Waals surface area contributed by atoms with Crippen molar-refractivity contribution in [1.82, 2.24) is 4.90 Å². The SMILES string of the molecule is CC(N)C1CCN(C(=O)c2ccc(Br)c(F)c2)CC1. The second-order valence-corrected chi connectivity index (χ2v) is 5.97. The number of nitrogens with zero attached hydrogens (tertiary/aromatic N) is 1. The molecular weight excluding hydrogens is 311 g/mol. The lowest BCUT2D eigenvalue weighted by molar-refractivity contribution is 0.0680. The highest BCUT2D eigenvalue weighted by Gasteiger charge is 2.25. The quantitative estimate of drug-likeness (QED) is 0.907. The molecule has 0 saturated carbocycles. The van der Waals surface area contributed by atoms with E-state index in [1.54, 1.807) is 17.0 Å². The number of benzene rings is 1. The summed E-state index contributed by atoms with van der Waals surface area (Å²) in [6.45, 7) is 3.40. The molecule has 0 aromatic heterocycles. The lowest BCUT2D eigenvalue weighted by atomic mass is 9.90. The average molecular weight is 329 g/mol. The monoisotopic (exact) mass is 328 g/mol. The van der Waals surface area contributed by atoms with Gasteiger partial charge in [-0.25, -0.2) is 4.39 Å². The van der Waals surface area contributed by atoms with Crippen LogP contribution in [0, 0.1) is 11.7 Å². The van der Waals surface area contributed by atoms with E-state index in [-0.39, 0.29) is 11.9 Å². The van der Waals surface area contributed by atoms with Crippen molar-refractivity contribution in [1.29, 1.82) is 0 Å². The van der Waals surface area contributed by atoms with Gasteiger partial charge in [0.25, 0.3) is 5.91 Å². The molecule has 0 spiro atoms. The molecule has 19 heavy (non-hydrogen) atoms. The Labute approximate surface area is 121 Å². The van der Waals surface area contributed by atoms with E-state index >= 15 is 0 Å². The van der Waals surface area contributed by atoms with Gasteiger partial charge in [0.15, 0.2) is 0 Å². The number of hydrogen-bond acceptors (Lipinski definition) is 2. The highest BCUT2D eigenvalue weighted by atomic mass is 79.9. The second kappa shape index (κ2) is 6.01.